The highest BCUT2D eigenvalue weighted by Crippen LogP contribution is 2.32. The van der Waals surface area contributed by atoms with Crippen LogP contribution in [0.25, 0.3) is 0 Å². The summed E-state index contributed by atoms with van der Waals surface area (Å²) < 4.78 is 1.79. The molecule has 2 aliphatic rings. The summed E-state index contributed by atoms with van der Waals surface area (Å²) in [6, 6.07) is 2.27. The summed E-state index contributed by atoms with van der Waals surface area (Å²) in [6.45, 7) is 3.19. The summed E-state index contributed by atoms with van der Waals surface area (Å²) in [5.41, 5.74) is 0. The fraction of sp³-hybridized carbons (Fsp3) is 0.643. The van der Waals surface area contributed by atoms with Gasteiger partial charge in [-0.2, -0.15) is 5.10 Å². The average Bonchev–Trinajstić information content (AvgIpc) is 2.97. The van der Waals surface area contributed by atoms with Crippen LogP contribution in [0.2, 0.25) is 0 Å². The van der Waals surface area contributed by atoms with Gasteiger partial charge in [0.1, 0.15) is 0 Å². The van der Waals surface area contributed by atoms with Crippen molar-refractivity contribution in [2.45, 2.75) is 44.8 Å². The molecule has 6 heteroatoms. The maximum atomic E-state index is 12.2. The minimum Gasteiger partial charge on any atom is -0.351 e. The Bertz CT molecular complexity index is 495. The lowest BCUT2D eigenvalue weighted by molar-refractivity contribution is -0.129. The Hall–Kier alpha value is -1.85. The van der Waals surface area contributed by atoms with Gasteiger partial charge in [-0.15, -0.1) is 0 Å². The molecular formula is C14H20N4O2. The number of carbonyl (C=O) groups excluding carboxylic acids is 2. The summed E-state index contributed by atoms with van der Waals surface area (Å²) in [5, 5.41) is 7.10. The third-order valence-electron chi connectivity index (χ3n) is 3.93. The van der Waals surface area contributed by atoms with Gasteiger partial charge in [0.05, 0.1) is 12.5 Å². The summed E-state index contributed by atoms with van der Waals surface area (Å²) >= 11 is 0. The second-order valence-electron chi connectivity index (χ2n) is 5.82. The van der Waals surface area contributed by atoms with Gasteiger partial charge in [0.15, 0.2) is 0 Å². The number of likely N-dealkylation sites (tertiary alicyclic amines) is 1. The van der Waals surface area contributed by atoms with Crippen molar-refractivity contribution in [1.82, 2.24) is 20.0 Å². The largest absolute Gasteiger partial charge is 0.351 e. The summed E-state index contributed by atoms with van der Waals surface area (Å²) in [7, 11) is 0. The molecule has 20 heavy (non-hydrogen) atoms. The molecule has 1 saturated heterocycles. The maximum Gasteiger partial charge on any atom is 0.225 e. The number of nitrogens with zero attached hydrogens (tertiary/aromatic N) is 3. The molecule has 0 spiro atoms. The maximum absolute atomic E-state index is 12.2. The lowest BCUT2D eigenvalue weighted by atomic mass is 10.1. The normalized spacial score (nSPS) is 23.9. The first kappa shape index (κ1) is 13.1. The van der Waals surface area contributed by atoms with Gasteiger partial charge in [-0.1, -0.05) is 0 Å². The van der Waals surface area contributed by atoms with E-state index in [4.69, 9.17) is 0 Å². The van der Waals surface area contributed by atoms with Crippen LogP contribution in [0.5, 0.6) is 0 Å². The van der Waals surface area contributed by atoms with Crippen LogP contribution in [0.3, 0.4) is 0 Å². The molecular weight excluding hydrogens is 256 g/mol. The van der Waals surface area contributed by atoms with Crippen LogP contribution in [0, 0.1) is 5.92 Å². The van der Waals surface area contributed by atoms with Crippen molar-refractivity contribution in [2.24, 2.45) is 5.92 Å². The molecule has 1 aliphatic carbocycles. The van der Waals surface area contributed by atoms with E-state index in [9.17, 15) is 9.59 Å². The molecule has 2 fully saturated rings. The van der Waals surface area contributed by atoms with Crippen molar-refractivity contribution in [3.63, 3.8) is 0 Å². The van der Waals surface area contributed by atoms with E-state index in [1.165, 1.54) is 0 Å². The zero-order valence-corrected chi connectivity index (χ0v) is 11.7. The molecule has 3 rings (SSSR count). The van der Waals surface area contributed by atoms with E-state index in [1.807, 2.05) is 24.1 Å². The van der Waals surface area contributed by atoms with Crippen LogP contribution >= 0.6 is 0 Å². The number of nitrogens with one attached hydrogen (secondary N) is 1. The van der Waals surface area contributed by atoms with Crippen molar-refractivity contribution in [3.05, 3.63) is 18.5 Å². The van der Waals surface area contributed by atoms with Gasteiger partial charge in [-0.05, 0) is 25.8 Å². The molecule has 1 N–H and O–H groups in total. The number of rotatable bonds is 5. The summed E-state index contributed by atoms with van der Waals surface area (Å²) in [6.07, 6.45) is 6.14. The fourth-order valence-electron chi connectivity index (χ4n) is 2.74. The van der Waals surface area contributed by atoms with Crippen molar-refractivity contribution in [2.75, 3.05) is 6.54 Å². The van der Waals surface area contributed by atoms with E-state index in [2.05, 4.69) is 10.4 Å². The summed E-state index contributed by atoms with van der Waals surface area (Å²) in [4.78, 5) is 25.9. The highest BCUT2D eigenvalue weighted by Gasteiger charge is 2.41. The van der Waals surface area contributed by atoms with Gasteiger partial charge in [0, 0.05) is 37.4 Å². The van der Waals surface area contributed by atoms with Gasteiger partial charge in [-0.25, -0.2) is 0 Å². The molecule has 0 unspecified atom stereocenters. The Labute approximate surface area is 118 Å². The Kier molecular flexibility index (Phi) is 3.46. The monoisotopic (exact) mass is 276 g/mol. The minimum absolute atomic E-state index is 0.00692. The quantitative estimate of drug-likeness (QED) is 0.846. The van der Waals surface area contributed by atoms with Crippen LogP contribution < -0.4 is 5.32 Å². The van der Waals surface area contributed by atoms with Crippen molar-refractivity contribution < 1.29 is 9.59 Å². The van der Waals surface area contributed by atoms with E-state index in [1.54, 1.807) is 10.9 Å². The minimum atomic E-state index is -0.192. The molecule has 6 nitrogen and oxygen atoms in total. The molecule has 1 saturated carbocycles. The van der Waals surface area contributed by atoms with Crippen molar-refractivity contribution in [1.29, 1.82) is 0 Å². The number of carbonyl (C=O) groups is 2. The average molecular weight is 276 g/mol. The van der Waals surface area contributed by atoms with E-state index < -0.39 is 0 Å². The summed E-state index contributed by atoms with van der Waals surface area (Å²) in [5.74, 6) is -0.0725. The number of hydrogen-bond acceptors (Lipinski definition) is 3. The molecule has 1 aliphatic heterocycles. The Morgan fingerprint density at radius 1 is 1.55 bits per heavy atom. The van der Waals surface area contributed by atoms with Gasteiger partial charge >= 0.3 is 0 Å². The van der Waals surface area contributed by atoms with Crippen molar-refractivity contribution in [3.8, 4) is 0 Å². The molecule has 108 valence electrons. The van der Waals surface area contributed by atoms with Crippen LogP contribution in [0.1, 0.15) is 26.2 Å². The second kappa shape index (κ2) is 5.26. The van der Waals surface area contributed by atoms with Crippen LogP contribution in [0.4, 0.5) is 0 Å². The first-order chi connectivity index (χ1) is 9.63. The smallest absolute Gasteiger partial charge is 0.225 e. The molecule has 2 atom stereocenters. The van der Waals surface area contributed by atoms with Crippen LogP contribution in [0.15, 0.2) is 18.5 Å². The Morgan fingerprint density at radius 2 is 2.35 bits per heavy atom. The van der Waals surface area contributed by atoms with E-state index in [0.717, 1.165) is 12.8 Å². The zero-order chi connectivity index (χ0) is 14.1. The van der Waals surface area contributed by atoms with E-state index in [0.29, 0.717) is 25.6 Å². The first-order valence-corrected chi connectivity index (χ1v) is 7.21. The number of amides is 2. The first-order valence-electron chi connectivity index (χ1n) is 7.21. The van der Waals surface area contributed by atoms with Gasteiger partial charge < -0.3 is 10.2 Å². The van der Waals surface area contributed by atoms with Gasteiger partial charge in [0.2, 0.25) is 11.8 Å². The number of aromatic nitrogens is 2. The van der Waals surface area contributed by atoms with Gasteiger partial charge in [0.25, 0.3) is 0 Å². The fourth-order valence-corrected chi connectivity index (χ4v) is 2.74. The lowest BCUT2D eigenvalue weighted by Gasteiger charge is -2.18. The molecule has 2 amide bonds. The lowest BCUT2D eigenvalue weighted by Crippen LogP contribution is -2.40. The predicted molar refractivity (Wildman–Crippen MR) is 72.7 cm³/mol. The van der Waals surface area contributed by atoms with Crippen LogP contribution in [-0.2, 0) is 16.1 Å². The van der Waals surface area contributed by atoms with E-state index >= 15 is 0 Å². The highest BCUT2D eigenvalue weighted by atomic mass is 16.2. The molecule has 2 heterocycles. The third-order valence-corrected chi connectivity index (χ3v) is 3.93. The highest BCUT2D eigenvalue weighted by molar-refractivity contribution is 5.89. The third kappa shape index (κ3) is 2.84. The Morgan fingerprint density at radius 3 is 3.00 bits per heavy atom. The van der Waals surface area contributed by atoms with Crippen molar-refractivity contribution >= 4 is 11.8 Å². The van der Waals surface area contributed by atoms with Gasteiger partial charge in [-0.3, -0.25) is 14.3 Å². The molecule has 1 aromatic rings. The van der Waals surface area contributed by atoms with E-state index in [-0.39, 0.29) is 23.8 Å². The molecule has 0 radical (unpaired) electrons. The molecule has 1 aromatic heterocycles. The molecule has 0 bridgehead atoms. The zero-order valence-electron chi connectivity index (χ0n) is 11.7. The standard InChI is InChI=1S/C14H20N4O2/c1-10(8-17-6-2-5-15-17)16-14(20)11-7-13(19)18(9-11)12-3-4-12/h2,5-6,10-12H,3-4,7-9H2,1H3,(H,16,20)/t10-,11+/m0/s1. The Balaban J connectivity index is 1.50. The number of hydrogen-bond donors (Lipinski definition) is 1. The SMILES string of the molecule is C[C@@H](Cn1cccn1)NC(=O)[C@@H]1CC(=O)N(C2CC2)C1. The second-order valence-corrected chi connectivity index (χ2v) is 5.82. The predicted octanol–water partition coefficient (Wildman–Crippen LogP) is 0.399. The van der Waals surface area contributed by atoms with Crippen LogP contribution in [-0.4, -0.2) is 45.1 Å². The molecule has 0 aromatic carbocycles. The topological polar surface area (TPSA) is 67.2 Å².